The third kappa shape index (κ3) is 4.19. The van der Waals surface area contributed by atoms with Crippen molar-refractivity contribution < 1.29 is 13.2 Å². The van der Waals surface area contributed by atoms with Gasteiger partial charge in [0.25, 0.3) is 0 Å². The molecule has 1 aromatic carbocycles. The Hall–Kier alpha value is -1.27. The standard InChI is InChI=1S/C12H20N2O3S/c1-4-13-9-10(2)18(15,16)14-11-6-5-7-12(8-11)17-3/h5-8,10,13-14H,4,9H2,1-3H3. The molecule has 6 heteroatoms. The molecule has 0 fully saturated rings. The Morgan fingerprint density at radius 2 is 2.11 bits per heavy atom. The minimum absolute atomic E-state index is 0.426. The first-order chi connectivity index (χ1) is 8.49. The Labute approximate surface area is 109 Å². The summed E-state index contributed by atoms with van der Waals surface area (Å²) in [4.78, 5) is 0. The molecule has 0 amide bonds. The summed E-state index contributed by atoms with van der Waals surface area (Å²) in [7, 11) is -1.84. The van der Waals surface area contributed by atoms with Gasteiger partial charge in [0.05, 0.1) is 18.0 Å². The quantitative estimate of drug-likeness (QED) is 0.788. The minimum Gasteiger partial charge on any atom is -0.497 e. The Kier molecular flexibility index (Phi) is 5.43. The lowest BCUT2D eigenvalue weighted by molar-refractivity contribution is 0.415. The third-order valence-electron chi connectivity index (χ3n) is 2.54. The van der Waals surface area contributed by atoms with Crippen molar-refractivity contribution in [2.75, 3.05) is 24.9 Å². The SMILES string of the molecule is CCNCC(C)S(=O)(=O)Nc1cccc(OC)c1. The van der Waals surface area contributed by atoms with Crippen LogP contribution in [-0.4, -0.2) is 33.9 Å². The highest BCUT2D eigenvalue weighted by molar-refractivity contribution is 7.93. The zero-order valence-electron chi connectivity index (χ0n) is 10.9. The number of sulfonamides is 1. The molecule has 1 atom stereocenters. The van der Waals surface area contributed by atoms with Gasteiger partial charge in [0.1, 0.15) is 5.75 Å². The maximum absolute atomic E-state index is 12.0. The van der Waals surface area contributed by atoms with Crippen LogP contribution in [0.1, 0.15) is 13.8 Å². The number of rotatable bonds is 7. The van der Waals surface area contributed by atoms with Crippen molar-refractivity contribution in [3.63, 3.8) is 0 Å². The lowest BCUT2D eigenvalue weighted by Crippen LogP contribution is -2.34. The van der Waals surface area contributed by atoms with Gasteiger partial charge in [-0.05, 0) is 25.6 Å². The Bertz CT molecular complexity index is 474. The fraction of sp³-hybridized carbons (Fsp3) is 0.500. The van der Waals surface area contributed by atoms with Gasteiger partial charge < -0.3 is 10.1 Å². The summed E-state index contributed by atoms with van der Waals surface area (Å²) in [6.07, 6.45) is 0. The van der Waals surface area contributed by atoms with E-state index in [1.807, 2.05) is 6.92 Å². The zero-order valence-corrected chi connectivity index (χ0v) is 11.8. The van der Waals surface area contributed by atoms with E-state index in [0.717, 1.165) is 6.54 Å². The van der Waals surface area contributed by atoms with Crippen LogP contribution in [0.25, 0.3) is 0 Å². The van der Waals surface area contributed by atoms with Crippen LogP contribution < -0.4 is 14.8 Å². The van der Waals surface area contributed by atoms with Gasteiger partial charge in [0.2, 0.25) is 10.0 Å². The van der Waals surface area contributed by atoms with E-state index in [1.54, 1.807) is 38.3 Å². The number of ether oxygens (including phenoxy) is 1. The van der Waals surface area contributed by atoms with E-state index in [4.69, 9.17) is 4.74 Å². The van der Waals surface area contributed by atoms with Crippen molar-refractivity contribution in [3.8, 4) is 5.75 Å². The molecule has 0 heterocycles. The maximum atomic E-state index is 12.0. The normalized spacial score (nSPS) is 13.1. The number of hydrogen-bond acceptors (Lipinski definition) is 4. The second kappa shape index (κ2) is 6.61. The lowest BCUT2D eigenvalue weighted by atomic mass is 10.3. The molecule has 2 N–H and O–H groups in total. The first-order valence-electron chi connectivity index (χ1n) is 5.86. The molecular weight excluding hydrogens is 252 g/mol. The molecule has 0 aliphatic rings. The van der Waals surface area contributed by atoms with Crippen LogP contribution in [0.5, 0.6) is 5.75 Å². The predicted octanol–water partition coefficient (Wildman–Crippen LogP) is 1.43. The number of nitrogens with one attached hydrogen (secondary N) is 2. The molecule has 0 saturated carbocycles. The van der Waals surface area contributed by atoms with Crippen LogP contribution in [0.3, 0.4) is 0 Å². The van der Waals surface area contributed by atoms with E-state index in [-0.39, 0.29) is 0 Å². The van der Waals surface area contributed by atoms with Gasteiger partial charge in [-0.25, -0.2) is 8.42 Å². The van der Waals surface area contributed by atoms with Crippen LogP contribution in [-0.2, 0) is 10.0 Å². The highest BCUT2D eigenvalue weighted by Crippen LogP contribution is 2.18. The summed E-state index contributed by atoms with van der Waals surface area (Å²) < 4.78 is 31.6. The number of methoxy groups -OCH3 is 1. The van der Waals surface area contributed by atoms with Gasteiger partial charge in [-0.2, -0.15) is 0 Å². The molecule has 1 unspecified atom stereocenters. The summed E-state index contributed by atoms with van der Waals surface area (Å²) in [5.41, 5.74) is 0.512. The second-order valence-corrected chi connectivity index (χ2v) is 6.10. The van der Waals surface area contributed by atoms with Gasteiger partial charge in [0, 0.05) is 12.6 Å². The molecule has 0 saturated heterocycles. The first-order valence-corrected chi connectivity index (χ1v) is 7.40. The van der Waals surface area contributed by atoms with Crippen LogP contribution in [0.2, 0.25) is 0 Å². The molecule has 1 aromatic rings. The summed E-state index contributed by atoms with van der Waals surface area (Å²) in [6.45, 7) is 4.79. The molecule has 0 bridgehead atoms. The van der Waals surface area contributed by atoms with E-state index in [9.17, 15) is 8.42 Å². The molecular formula is C12H20N2O3S. The van der Waals surface area contributed by atoms with E-state index < -0.39 is 15.3 Å². The monoisotopic (exact) mass is 272 g/mol. The smallest absolute Gasteiger partial charge is 0.236 e. The molecule has 102 valence electrons. The third-order valence-corrected chi connectivity index (χ3v) is 4.29. The second-order valence-electron chi connectivity index (χ2n) is 4.00. The summed E-state index contributed by atoms with van der Waals surface area (Å²) in [6, 6.07) is 6.85. The van der Waals surface area contributed by atoms with Crippen LogP contribution in [0.15, 0.2) is 24.3 Å². The molecule has 0 aromatic heterocycles. The first kappa shape index (κ1) is 14.8. The van der Waals surface area contributed by atoms with Gasteiger partial charge in [-0.15, -0.1) is 0 Å². The van der Waals surface area contributed by atoms with Crippen molar-refractivity contribution in [2.45, 2.75) is 19.1 Å². The van der Waals surface area contributed by atoms with Crippen LogP contribution in [0, 0.1) is 0 Å². The van der Waals surface area contributed by atoms with Crippen molar-refractivity contribution in [1.82, 2.24) is 5.32 Å². The topological polar surface area (TPSA) is 67.4 Å². The highest BCUT2D eigenvalue weighted by atomic mass is 32.2. The average molecular weight is 272 g/mol. The molecule has 0 aliphatic heterocycles. The fourth-order valence-corrected chi connectivity index (χ4v) is 2.40. The zero-order chi connectivity index (χ0) is 13.6. The van der Waals surface area contributed by atoms with Crippen molar-refractivity contribution in [2.24, 2.45) is 0 Å². The van der Waals surface area contributed by atoms with Gasteiger partial charge in [-0.1, -0.05) is 13.0 Å². The number of benzene rings is 1. The molecule has 1 rings (SSSR count). The summed E-state index contributed by atoms with van der Waals surface area (Å²) in [5, 5.41) is 2.52. The maximum Gasteiger partial charge on any atom is 0.236 e. The Balaban J connectivity index is 2.75. The van der Waals surface area contributed by atoms with Gasteiger partial charge in [0.15, 0.2) is 0 Å². The summed E-state index contributed by atoms with van der Waals surface area (Å²) >= 11 is 0. The summed E-state index contributed by atoms with van der Waals surface area (Å²) in [5.74, 6) is 0.620. The van der Waals surface area contributed by atoms with Gasteiger partial charge >= 0.3 is 0 Å². The van der Waals surface area contributed by atoms with Crippen molar-refractivity contribution in [1.29, 1.82) is 0 Å². The predicted molar refractivity (Wildman–Crippen MR) is 73.5 cm³/mol. The molecule has 18 heavy (non-hydrogen) atoms. The highest BCUT2D eigenvalue weighted by Gasteiger charge is 2.20. The fourth-order valence-electron chi connectivity index (χ4n) is 1.41. The lowest BCUT2D eigenvalue weighted by Gasteiger charge is -2.15. The van der Waals surface area contributed by atoms with Crippen LogP contribution >= 0.6 is 0 Å². The van der Waals surface area contributed by atoms with Crippen molar-refractivity contribution in [3.05, 3.63) is 24.3 Å². The van der Waals surface area contributed by atoms with Gasteiger partial charge in [-0.3, -0.25) is 4.72 Å². The Morgan fingerprint density at radius 3 is 2.72 bits per heavy atom. The minimum atomic E-state index is -3.38. The molecule has 5 nitrogen and oxygen atoms in total. The average Bonchev–Trinajstić information content (AvgIpc) is 2.35. The largest absolute Gasteiger partial charge is 0.497 e. The Morgan fingerprint density at radius 1 is 1.39 bits per heavy atom. The number of hydrogen-bond donors (Lipinski definition) is 2. The van der Waals surface area contributed by atoms with E-state index in [0.29, 0.717) is 18.0 Å². The van der Waals surface area contributed by atoms with E-state index in [1.165, 1.54) is 0 Å². The van der Waals surface area contributed by atoms with Crippen molar-refractivity contribution >= 4 is 15.7 Å². The van der Waals surface area contributed by atoms with E-state index in [2.05, 4.69) is 10.0 Å². The van der Waals surface area contributed by atoms with E-state index >= 15 is 0 Å². The molecule has 0 aliphatic carbocycles. The van der Waals surface area contributed by atoms with Crippen LogP contribution in [0.4, 0.5) is 5.69 Å². The number of anilines is 1. The molecule has 0 spiro atoms. The molecule has 0 radical (unpaired) electrons.